The molecule has 32 heavy (non-hydrogen) atoms. The van der Waals surface area contributed by atoms with Crippen LogP contribution >= 0.6 is 0 Å². The molecule has 3 aromatic rings. The highest BCUT2D eigenvalue weighted by Crippen LogP contribution is 2.36. The lowest BCUT2D eigenvalue weighted by molar-refractivity contribution is 0.137. The molecule has 0 atom stereocenters. The van der Waals surface area contributed by atoms with E-state index in [4.69, 9.17) is 4.74 Å². The number of benzene rings is 2. The van der Waals surface area contributed by atoms with Crippen LogP contribution in [-0.4, -0.2) is 28.7 Å². The zero-order chi connectivity index (χ0) is 22.2. The number of nitrogens with one attached hydrogen (secondary N) is 2. The van der Waals surface area contributed by atoms with Crippen molar-refractivity contribution in [2.45, 2.75) is 64.0 Å². The second-order valence-corrected chi connectivity index (χ2v) is 8.50. The standard InChI is InChI=1S/C26H32N4O2/c1-2-3-16-32-26(31)30-21-11-9-20(10-12-21)22-6-4-5-7-23(22)29-18-19-8-13-24-25(17-19)28-15-14-27-24/h4-8,13-15,17,20-21,29H,2-3,9-12,16,18H2,1H3,(H,30,31). The molecule has 1 aliphatic carbocycles. The number of hydrogen-bond acceptors (Lipinski definition) is 5. The third kappa shape index (κ3) is 5.75. The van der Waals surface area contributed by atoms with Crippen molar-refractivity contribution in [2.24, 2.45) is 0 Å². The SMILES string of the molecule is CCCCOC(=O)NC1CCC(c2ccccc2NCc2ccc3nccnc3c2)CC1. The fourth-order valence-corrected chi connectivity index (χ4v) is 4.40. The van der Waals surface area contributed by atoms with Gasteiger partial charge in [0.05, 0.1) is 17.6 Å². The van der Waals surface area contributed by atoms with E-state index in [9.17, 15) is 4.79 Å². The highest BCUT2D eigenvalue weighted by atomic mass is 16.5. The Morgan fingerprint density at radius 2 is 1.81 bits per heavy atom. The van der Waals surface area contributed by atoms with Crippen LogP contribution in [0.1, 0.15) is 62.5 Å². The average molecular weight is 433 g/mol. The number of carbonyl (C=O) groups is 1. The second-order valence-electron chi connectivity index (χ2n) is 8.50. The molecule has 2 aromatic carbocycles. The molecule has 1 aromatic heterocycles. The van der Waals surface area contributed by atoms with Gasteiger partial charge in [-0.3, -0.25) is 9.97 Å². The van der Waals surface area contributed by atoms with Crippen LogP contribution in [0.2, 0.25) is 0 Å². The van der Waals surface area contributed by atoms with Gasteiger partial charge in [0.15, 0.2) is 0 Å². The van der Waals surface area contributed by atoms with Gasteiger partial charge in [-0.1, -0.05) is 37.6 Å². The summed E-state index contributed by atoms with van der Waals surface area (Å²) in [5, 5.41) is 6.66. The van der Waals surface area contributed by atoms with Gasteiger partial charge in [0.2, 0.25) is 0 Å². The van der Waals surface area contributed by atoms with E-state index >= 15 is 0 Å². The molecule has 0 aliphatic heterocycles. The molecule has 0 unspecified atom stereocenters. The summed E-state index contributed by atoms with van der Waals surface area (Å²) >= 11 is 0. The molecule has 1 heterocycles. The van der Waals surface area contributed by atoms with Crippen molar-refractivity contribution in [2.75, 3.05) is 11.9 Å². The molecule has 0 saturated heterocycles. The minimum Gasteiger partial charge on any atom is -0.450 e. The monoisotopic (exact) mass is 432 g/mol. The molecule has 168 valence electrons. The number of amides is 1. The maximum atomic E-state index is 11.9. The highest BCUT2D eigenvalue weighted by Gasteiger charge is 2.25. The predicted molar refractivity (Wildman–Crippen MR) is 128 cm³/mol. The molecule has 6 heteroatoms. The van der Waals surface area contributed by atoms with Gasteiger partial charge in [-0.25, -0.2) is 4.79 Å². The normalized spacial score (nSPS) is 18.3. The number of hydrogen-bond donors (Lipinski definition) is 2. The van der Waals surface area contributed by atoms with Gasteiger partial charge < -0.3 is 15.4 Å². The van der Waals surface area contributed by atoms with E-state index in [1.807, 2.05) is 6.07 Å². The number of aromatic nitrogens is 2. The lowest BCUT2D eigenvalue weighted by Gasteiger charge is -2.30. The molecule has 0 spiro atoms. The minimum absolute atomic E-state index is 0.208. The van der Waals surface area contributed by atoms with Crippen molar-refractivity contribution in [1.29, 1.82) is 0 Å². The number of unbranched alkanes of at least 4 members (excludes halogenated alkanes) is 1. The van der Waals surface area contributed by atoms with Crippen molar-refractivity contribution >= 4 is 22.8 Å². The smallest absolute Gasteiger partial charge is 0.407 e. The first-order valence-corrected chi connectivity index (χ1v) is 11.7. The Kier molecular flexibility index (Phi) is 7.54. The molecular formula is C26H32N4O2. The Morgan fingerprint density at radius 3 is 2.62 bits per heavy atom. The summed E-state index contributed by atoms with van der Waals surface area (Å²) in [6.07, 6.45) is 9.19. The van der Waals surface area contributed by atoms with Gasteiger partial charge in [-0.05, 0) is 67.3 Å². The first-order chi connectivity index (χ1) is 15.7. The summed E-state index contributed by atoms with van der Waals surface area (Å²) in [7, 11) is 0. The van der Waals surface area contributed by atoms with Crippen LogP contribution in [0, 0.1) is 0 Å². The minimum atomic E-state index is -0.274. The van der Waals surface area contributed by atoms with Gasteiger partial charge in [0.25, 0.3) is 0 Å². The van der Waals surface area contributed by atoms with Crippen LogP contribution in [0.15, 0.2) is 54.9 Å². The van der Waals surface area contributed by atoms with Crippen LogP contribution in [0.5, 0.6) is 0 Å². The van der Waals surface area contributed by atoms with Gasteiger partial charge in [0.1, 0.15) is 0 Å². The lowest BCUT2D eigenvalue weighted by Crippen LogP contribution is -2.37. The van der Waals surface area contributed by atoms with E-state index in [1.54, 1.807) is 12.4 Å². The predicted octanol–water partition coefficient (Wildman–Crippen LogP) is 5.79. The topological polar surface area (TPSA) is 76.1 Å². The molecule has 0 bridgehead atoms. The number of para-hydroxylation sites is 1. The van der Waals surface area contributed by atoms with E-state index in [-0.39, 0.29) is 12.1 Å². The summed E-state index contributed by atoms with van der Waals surface area (Å²) in [6, 6.07) is 15.0. The number of ether oxygens (including phenoxy) is 1. The summed E-state index contributed by atoms with van der Waals surface area (Å²) in [4.78, 5) is 20.7. The average Bonchev–Trinajstić information content (AvgIpc) is 2.83. The Morgan fingerprint density at radius 1 is 1.03 bits per heavy atom. The summed E-state index contributed by atoms with van der Waals surface area (Å²) < 4.78 is 5.25. The summed E-state index contributed by atoms with van der Waals surface area (Å²) in [5.74, 6) is 0.496. The van der Waals surface area contributed by atoms with E-state index in [0.717, 1.165) is 56.1 Å². The van der Waals surface area contributed by atoms with E-state index in [2.05, 4.69) is 63.9 Å². The number of carbonyl (C=O) groups excluding carboxylic acids is 1. The number of fused-ring (bicyclic) bond motifs is 1. The van der Waals surface area contributed by atoms with Gasteiger partial charge in [-0.2, -0.15) is 0 Å². The third-order valence-corrected chi connectivity index (χ3v) is 6.20. The number of alkyl carbamates (subject to hydrolysis) is 1. The van der Waals surface area contributed by atoms with Gasteiger partial charge in [-0.15, -0.1) is 0 Å². The Hall–Kier alpha value is -3.15. The molecule has 0 radical (unpaired) electrons. The molecule has 1 amide bonds. The van der Waals surface area contributed by atoms with Crippen molar-refractivity contribution in [3.05, 3.63) is 66.0 Å². The third-order valence-electron chi connectivity index (χ3n) is 6.20. The summed E-state index contributed by atoms with van der Waals surface area (Å²) in [6.45, 7) is 3.33. The zero-order valence-electron chi connectivity index (χ0n) is 18.7. The van der Waals surface area contributed by atoms with Gasteiger partial charge in [0, 0.05) is 30.7 Å². The quantitative estimate of drug-likeness (QED) is 0.440. The first kappa shape index (κ1) is 22.1. The molecule has 2 N–H and O–H groups in total. The number of nitrogens with zero attached hydrogens (tertiary/aromatic N) is 2. The van der Waals surface area contributed by atoms with Crippen molar-refractivity contribution in [3.8, 4) is 0 Å². The molecular weight excluding hydrogens is 400 g/mol. The molecule has 4 rings (SSSR count). The van der Waals surface area contributed by atoms with Crippen LogP contribution < -0.4 is 10.6 Å². The van der Waals surface area contributed by atoms with Crippen LogP contribution in [0.25, 0.3) is 11.0 Å². The maximum absolute atomic E-state index is 11.9. The van der Waals surface area contributed by atoms with E-state index < -0.39 is 0 Å². The zero-order valence-corrected chi connectivity index (χ0v) is 18.7. The van der Waals surface area contributed by atoms with Crippen LogP contribution in [0.4, 0.5) is 10.5 Å². The van der Waals surface area contributed by atoms with Crippen LogP contribution in [0.3, 0.4) is 0 Å². The fourth-order valence-electron chi connectivity index (χ4n) is 4.40. The lowest BCUT2D eigenvalue weighted by atomic mass is 9.81. The molecule has 1 saturated carbocycles. The Labute approximate surface area is 189 Å². The molecule has 6 nitrogen and oxygen atoms in total. The molecule has 1 fully saturated rings. The second kappa shape index (κ2) is 10.9. The Balaban J connectivity index is 1.33. The van der Waals surface area contributed by atoms with Gasteiger partial charge >= 0.3 is 6.09 Å². The fraction of sp³-hybridized carbons (Fsp3) is 0.423. The van der Waals surface area contributed by atoms with Crippen molar-refractivity contribution < 1.29 is 9.53 Å². The first-order valence-electron chi connectivity index (χ1n) is 11.7. The summed E-state index contributed by atoms with van der Waals surface area (Å²) in [5.41, 5.74) is 5.55. The van der Waals surface area contributed by atoms with Crippen LogP contribution in [-0.2, 0) is 11.3 Å². The maximum Gasteiger partial charge on any atom is 0.407 e. The highest BCUT2D eigenvalue weighted by molar-refractivity contribution is 5.74. The molecule has 1 aliphatic rings. The van der Waals surface area contributed by atoms with E-state index in [1.165, 1.54) is 16.8 Å². The largest absolute Gasteiger partial charge is 0.450 e. The number of rotatable bonds is 8. The van der Waals surface area contributed by atoms with Crippen molar-refractivity contribution in [1.82, 2.24) is 15.3 Å². The Bertz CT molecular complexity index is 1030. The van der Waals surface area contributed by atoms with Crippen molar-refractivity contribution in [3.63, 3.8) is 0 Å². The number of anilines is 1. The van der Waals surface area contributed by atoms with E-state index in [0.29, 0.717) is 12.5 Å².